The van der Waals surface area contributed by atoms with Crippen molar-refractivity contribution in [3.63, 3.8) is 0 Å². The number of azide groups is 1. The summed E-state index contributed by atoms with van der Waals surface area (Å²) >= 11 is 0. The first-order valence-corrected chi connectivity index (χ1v) is 4.24. The summed E-state index contributed by atoms with van der Waals surface area (Å²) in [6.07, 6.45) is 0.365. The Balaban J connectivity index is 2.51. The molecule has 0 unspecified atom stereocenters. The standard InChI is InChI=1S/C9H8N4O/c10-13-12-8-3-1-2-6-4-9(14)11-5-7(6)8/h1-3H,4-5H2,(H,11,14). The number of carbonyl (C=O) groups excluding carboxylic acids is 1. The Morgan fingerprint density at radius 2 is 2.36 bits per heavy atom. The second-order valence-corrected chi connectivity index (χ2v) is 3.06. The first-order valence-electron chi connectivity index (χ1n) is 4.24. The lowest BCUT2D eigenvalue weighted by molar-refractivity contribution is -0.121. The Hall–Kier alpha value is -2.00. The highest BCUT2D eigenvalue weighted by Gasteiger charge is 2.16. The molecule has 2 rings (SSSR count). The van der Waals surface area contributed by atoms with E-state index >= 15 is 0 Å². The fraction of sp³-hybridized carbons (Fsp3) is 0.222. The maximum atomic E-state index is 11.1. The lowest BCUT2D eigenvalue weighted by atomic mass is 9.99. The van der Waals surface area contributed by atoms with Crippen LogP contribution in [0.5, 0.6) is 0 Å². The molecule has 1 amide bonds. The molecule has 0 atom stereocenters. The van der Waals surface area contributed by atoms with Gasteiger partial charge in [0, 0.05) is 17.1 Å². The third-order valence-corrected chi connectivity index (χ3v) is 2.21. The minimum absolute atomic E-state index is 0.00980. The molecule has 1 aliphatic heterocycles. The van der Waals surface area contributed by atoms with Crippen molar-refractivity contribution in [1.29, 1.82) is 0 Å². The zero-order chi connectivity index (χ0) is 9.97. The van der Waals surface area contributed by atoms with Crippen molar-refractivity contribution in [1.82, 2.24) is 5.32 Å². The van der Waals surface area contributed by atoms with Crippen molar-refractivity contribution in [3.05, 3.63) is 39.8 Å². The summed E-state index contributed by atoms with van der Waals surface area (Å²) in [5, 5.41) is 6.29. The Morgan fingerprint density at radius 3 is 3.14 bits per heavy atom. The van der Waals surface area contributed by atoms with Crippen molar-refractivity contribution in [3.8, 4) is 0 Å². The van der Waals surface area contributed by atoms with Gasteiger partial charge in [-0.05, 0) is 16.7 Å². The van der Waals surface area contributed by atoms with Crippen molar-refractivity contribution in [2.45, 2.75) is 13.0 Å². The molecule has 1 aromatic carbocycles. The molecule has 1 aliphatic rings. The van der Waals surface area contributed by atoms with Gasteiger partial charge in [-0.25, -0.2) is 0 Å². The molecule has 0 radical (unpaired) electrons. The van der Waals surface area contributed by atoms with Crippen molar-refractivity contribution in [2.75, 3.05) is 0 Å². The fourth-order valence-corrected chi connectivity index (χ4v) is 1.56. The topological polar surface area (TPSA) is 77.9 Å². The number of amides is 1. The maximum Gasteiger partial charge on any atom is 0.224 e. The van der Waals surface area contributed by atoms with Gasteiger partial charge in [-0.3, -0.25) is 4.79 Å². The van der Waals surface area contributed by atoms with Crippen LogP contribution in [0.15, 0.2) is 23.3 Å². The molecule has 0 saturated carbocycles. The number of nitrogens with zero attached hydrogens (tertiary/aromatic N) is 3. The largest absolute Gasteiger partial charge is 0.352 e. The van der Waals surface area contributed by atoms with Crippen LogP contribution in [0.4, 0.5) is 5.69 Å². The zero-order valence-electron chi connectivity index (χ0n) is 7.40. The summed E-state index contributed by atoms with van der Waals surface area (Å²) in [6.45, 7) is 0.448. The van der Waals surface area contributed by atoms with E-state index in [0.717, 1.165) is 11.1 Å². The predicted molar refractivity (Wildman–Crippen MR) is 50.8 cm³/mol. The van der Waals surface area contributed by atoms with Crippen LogP contribution in [0.25, 0.3) is 10.4 Å². The van der Waals surface area contributed by atoms with Gasteiger partial charge in [-0.1, -0.05) is 23.3 Å². The van der Waals surface area contributed by atoms with Crippen LogP contribution >= 0.6 is 0 Å². The van der Waals surface area contributed by atoms with Gasteiger partial charge < -0.3 is 5.32 Å². The smallest absolute Gasteiger partial charge is 0.224 e. The van der Waals surface area contributed by atoms with Crippen LogP contribution < -0.4 is 5.32 Å². The van der Waals surface area contributed by atoms with Gasteiger partial charge >= 0.3 is 0 Å². The molecule has 5 nitrogen and oxygen atoms in total. The van der Waals surface area contributed by atoms with Crippen molar-refractivity contribution < 1.29 is 4.79 Å². The van der Waals surface area contributed by atoms with Gasteiger partial charge in [0.25, 0.3) is 0 Å². The molecule has 5 heteroatoms. The molecule has 0 fully saturated rings. The first kappa shape index (κ1) is 8.59. The quantitative estimate of drug-likeness (QED) is 0.407. The summed E-state index contributed by atoms with van der Waals surface area (Å²) in [7, 11) is 0. The zero-order valence-corrected chi connectivity index (χ0v) is 7.40. The maximum absolute atomic E-state index is 11.1. The molecule has 1 N–H and O–H groups in total. The van der Waals surface area contributed by atoms with E-state index in [2.05, 4.69) is 15.3 Å². The Labute approximate surface area is 80.4 Å². The normalized spacial score (nSPS) is 13.9. The van der Waals surface area contributed by atoms with Crippen LogP contribution in [0.2, 0.25) is 0 Å². The van der Waals surface area contributed by atoms with Gasteiger partial charge in [0.2, 0.25) is 5.91 Å². The fourth-order valence-electron chi connectivity index (χ4n) is 1.56. The highest BCUT2D eigenvalue weighted by atomic mass is 16.1. The summed E-state index contributed by atoms with van der Waals surface area (Å²) in [5.74, 6) is 0.00980. The van der Waals surface area contributed by atoms with Gasteiger partial charge in [-0.2, -0.15) is 0 Å². The third-order valence-electron chi connectivity index (χ3n) is 2.21. The summed E-state index contributed by atoms with van der Waals surface area (Å²) < 4.78 is 0. The summed E-state index contributed by atoms with van der Waals surface area (Å²) in [6, 6.07) is 5.42. The molecular formula is C9H8N4O. The van der Waals surface area contributed by atoms with Gasteiger partial charge in [0.15, 0.2) is 0 Å². The molecule has 14 heavy (non-hydrogen) atoms. The number of rotatable bonds is 1. The van der Waals surface area contributed by atoms with Gasteiger partial charge in [0.1, 0.15) is 0 Å². The molecule has 0 spiro atoms. The van der Waals surface area contributed by atoms with E-state index in [0.29, 0.717) is 18.7 Å². The molecule has 0 aromatic heterocycles. The molecule has 0 saturated heterocycles. The van der Waals surface area contributed by atoms with E-state index in [4.69, 9.17) is 5.53 Å². The average molecular weight is 188 g/mol. The molecule has 1 aromatic rings. The van der Waals surface area contributed by atoms with Crippen molar-refractivity contribution in [2.24, 2.45) is 5.11 Å². The SMILES string of the molecule is [N-]=[N+]=Nc1cccc2c1CNC(=O)C2. The minimum Gasteiger partial charge on any atom is -0.352 e. The average Bonchev–Trinajstić information content (AvgIpc) is 2.18. The van der Waals surface area contributed by atoms with Crippen LogP contribution in [-0.4, -0.2) is 5.91 Å². The second-order valence-electron chi connectivity index (χ2n) is 3.06. The molecule has 1 heterocycles. The Kier molecular flexibility index (Phi) is 2.08. The van der Waals surface area contributed by atoms with Crippen LogP contribution in [-0.2, 0) is 17.8 Å². The van der Waals surface area contributed by atoms with Crippen molar-refractivity contribution >= 4 is 11.6 Å². The summed E-state index contributed by atoms with van der Waals surface area (Å²) in [5.41, 5.74) is 10.8. The van der Waals surface area contributed by atoms with E-state index in [9.17, 15) is 4.79 Å². The number of hydrogen-bond acceptors (Lipinski definition) is 2. The van der Waals surface area contributed by atoms with Gasteiger partial charge in [-0.15, -0.1) is 0 Å². The lowest BCUT2D eigenvalue weighted by Gasteiger charge is -2.17. The minimum atomic E-state index is 0.00980. The van der Waals surface area contributed by atoms with Gasteiger partial charge in [0.05, 0.1) is 6.42 Å². The van der Waals surface area contributed by atoms with Crippen LogP contribution in [0, 0.1) is 0 Å². The number of carbonyl (C=O) groups is 1. The van der Waals surface area contributed by atoms with E-state index in [1.54, 1.807) is 12.1 Å². The van der Waals surface area contributed by atoms with E-state index in [-0.39, 0.29) is 5.91 Å². The first-order chi connectivity index (χ1) is 6.81. The monoisotopic (exact) mass is 188 g/mol. The number of benzene rings is 1. The summed E-state index contributed by atoms with van der Waals surface area (Å²) in [4.78, 5) is 13.8. The molecule has 0 aliphatic carbocycles. The Bertz CT molecular complexity index is 434. The number of fused-ring (bicyclic) bond motifs is 1. The lowest BCUT2D eigenvalue weighted by Crippen LogP contribution is -2.30. The van der Waals surface area contributed by atoms with E-state index in [1.165, 1.54) is 0 Å². The number of nitrogens with one attached hydrogen (secondary N) is 1. The van der Waals surface area contributed by atoms with Crippen LogP contribution in [0.3, 0.4) is 0 Å². The molecule has 70 valence electrons. The molecular weight excluding hydrogens is 180 g/mol. The highest BCUT2D eigenvalue weighted by molar-refractivity contribution is 5.81. The predicted octanol–water partition coefficient (Wildman–Crippen LogP) is 1.80. The highest BCUT2D eigenvalue weighted by Crippen LogP contribution is 2.25. The Morgan fingerprint density at radius 1 is 1.50 bits per heavy atom. The number of hydrogen-bond donors (Lipinski definition) is 1. The third kappa shape index (κ3) is 1.41. The van der Waals surface area contributed by atoms with E-state index < -0.39 is 0 Å². The van der Waals surface area contributed by atoms with E-state index in [1.807, 2.05) is 6.07 Å². The van der Waals surface area contributed by atoms with Crippen LogP contribution in [0.1, 0.15) is 11.1 Å². The second kappa shape index (κ2) is 3.40. The molecule has 0 bridgehead atoms.